The Hall–Kier alpha value is -10.9. The van der Waals surface area contributed by atoms with E-state index < -0.39 is 5.41 Å². The summed E-state index contributed by atoms with van der Waals surface area (Å²) in [6.45, 7) is 10.1. The largest absolute Gasteiger partial charge is 0.443 e. The van der Waals surface area contributed by atoms with Crippen LogP contribution in [0.4, 0.5) is 0 Å². The molecule has 0 aliphatic heterocycles. The minimum absolute atomic E-state index is 0.00263. The zero-order valence-electron chi connectivity index (χ0n) is 45.3. The Kier molecular flexibility index (Phi) is 16.1. The third-order valence-electron chi connectivity index (χ3n) is 13.4. The minimum atomic E-state index is -0.432. The molecule has 0 radical (unpaired) electrons. The average Bonchev–Trinajstić information content (AvgIpc) is 3.52. The number of nitrogens with zero attached hydrogens (tertiary/aromatic N) is 5. The van der Waals surface area contributed by atoms with Crippen LogP contribution in [-0.4, -0.2) is 26.9 Å². The maximum absolute atomic E-state index is 6.28. The third-order valence-corrected chi connectivity index (χ3v) is 13.4. The van der Waals surface area contributed by atoms with Gasteiger partial charge in [0.25, 0.3) is 0 Å². The van der Waals surface area contributed by atoms with Gasteiger partial charge in [0.05, 0.1) is 0 Å². The van der Waals surface area contributed by atoms with Crippen LogP contribution in [0, 0.1) is 0 Å². The van der Waals surface area contributed by atoms with Gasteiger partial charge in [-0.1, -0.05) is 208 Å². The van der Waals surface area contributed by atoms with E-state index in [9.17, 15) is 0 Å². The number of hydrogen-bond donors (Lipinski definition) is 0. The van der Waals surface area contributed by atoms with E-state index in [2.05, 4.69) is 93.9 Å². The molecule has 0 N–H and O–H groups in total. The molecule has 1 aromatic heterocycles. The van der Waals surface area contributed by atoms with Crippen molar-refractivity contribution >= 4 is 11.9 Å². The summed E-state index contributed by atoms with van der Waals surface area (Å²) in [5, 5.41) is 0. The van der Waals surface area contributed by atoms with Crippen molar-refractivity contribution in [1.82, 2.24) is 15.0 Å². The molecule has 11 aromatic rings. The summed E-state index contributed by atoms with van der Waals surface area (Å²) in [7, 11) is 0. The van der Waals surface area contributed by atoms with Crippen molar-refractivity contribution in [2.45, 2.75) is 26.2 Å². The highest BCUT2D eigenvalue weighted by atomic mass is 16.5. The van der Waals surface area contributed by atoms with Crippen LogP contribution in [0.5, 0.6) is 52.5 Å². The molecule has 10 aromatic carbocycles. The van der Waals surface area contributed by atoms with Gasteiger partial charge in [-0.15, -0.1) is 15.0 Å². The summed E-state index contributed by atoms with van der Waals surface area (Å²) in [4.78, 5) is 22.8. The lowest BCUT2D eigenvalue weighted by molar-refractivity contribution is 0.362. The lowest BCUT2D eigenvalue weighted by atomic mass is 9.78. The maximum atomic E-state index is 6.28. The SMILES string of the molecule is C=C(N=C(N=C(C)Oc1ccc(-c2ccccc2)cc1)Oc1ccc(-c2ccccc2)cc1)Oc1ccc(C(C)(C)c2ccc(Oc3nc(Oc4ccc(-c5ccccc5)cc4)nc(Oc4ccc(-c5ccccc5)cc4)n3)cc2)cc1. The molecular formula is C71H55N5O6. The molecule has 0 saturated carbocycles. The lowest BCUT2D eigenvalue weighted by Crippen LogP contribution is -2.18. The first-order chi connectivity index (χ1) is 40.1. The van der Waals surface area contributed by atoms with E-state index in [-0.39, 0.29) is 29.9 Å². The van der Waals surface area contributed by atoms with Crippen molar-refractivity contribution in [3.63, 3.8) is 0 Å². The Morgan fingerprint density at radius 3 is 0.927 bits per heavy atom. The molecule has 0 aliphatic rings. The lowest BCUT2D eigenvalue weighted by Gasteiger charge is -2.26. The molecule has 0 unspecified atom stereocenters. The topological polar surface area (TPSA) is 119 Å². The van der Waals surface area contributed by atoms with Crippen molar-refractivity contribution in [2.75, 3.05) is 0 Å². The molecule has 82 heavy (non-hydrogen) atoms. The summed E-state index contributed by atoms with van der Waals surface area (Å²) >= 11 is 0. The Morgan fingerprint density at radius 2 is 0.585 bits per heavy atom. The second-order valence-corrected chi connectivity index (χ2v) is 19.4. The second kappa shape index (κ2) is 24.8. The van der Waals surface area contributed by atoms with Gasteiger partial charge >= 0.3 is 24.1 Å². The maximum Gasteiger partial charge on any atom is 0.331 e. The zero-order valence-corrected chi connectivity index (χ0v) is 45.3. The summed E-state index contributed by atoms with van der Waals surface area (Å²) in [6, 6.07) is 86.9. The quantitative estimate of drug-likeness (QED) is 0.0499. The van der Waals surface area contributed by atoms with Gasteiger partial charge in [0.2, 0.25) is 5.88 Å². The Labute approximate surface area is 476 Å². The molecule has 0 aliphatic carbocycles. The normalized spacial score (nSPS) is 11.5. The average molecular weight is 1070 g/mol. The van der Waals surface area contributed by atoms with E-state index in [1.54, 1.807) is 6.92 Å². The van der Waals surface area contributed by atoms with Crippen LogP contribution in [0.2, 0.25) is 0 Å². The van der Waals surface area contributed by atoms with E-state index in [4.69, 9.17) is 28.4 Å². The van der Waals surface area contributed by atoms with Gasteiger partial charge in [-0.05, 0) is 135 Å². The van der Waals surface area contributed by atoms with E-state index in [0.29, 0.717) is 40.4 Å². The molecule has 11 nitrogen and oxygen atoms in total. The molecule has 0 bridgehead atoms. The standard InChI is InChI=1S/C71H55N5O6/c1-49(77-61-37-25-55(26-38-61)51-17-9-5-10-18-51)72-67(79-63-39-27-56(28-40-63)52-19-11-6-12-20-52)73-50(2)78-62-45-33-59(34-46-62)71(3,4)60-35-47-66(48-36-60)82-70-75-68(80-64-41-29-57(30-42-64)53-21-13-7-14-22-53)74-69(76-70)81-65-43-31-58(32-44-65)54-23-15-8-16-24-54/h5-48H,2H2,1,3-4H3. The van der Waals surface area contributed by atoms with Crippen molar-refractivity contribution in [1.29, 1.82) is 0 Å². The molecule has 0 atom stereocenters. The number of amidine groups is 1. The number of rotatable bonds is 17. The molecule has 0 amide bonds. The van der Waals surface area contributed by atoms with Gasteiger partial charge in [-0.3, -0.25) is 0 Å². The van der Waals surface area contributed by atoms with Gasteiger partial charge in [0, 0.05) is 12.3 Å². The fourth-order valence-electron chi connectivity index (χ4n) is 8.97. The predicted molar refractivity (Wildman–Crippen MR) is 324 cm³/mol. The Bertz CT molecular complexity index is 3850. The van der Waals surface area contributed by atoms with Gasteiger partial charge in [-0.2, -0.15) is 9.98 Å². The molecule has 0 spiro atoms. The summed E-state index contributed by atoms with van der Waals surface area (Å²) in [5.41, 5.74) is 10.2. The van der Waals surface area contributed by atoms with Crippen LogP contribution in [0.3, 0.4) is 0 Å². The Balaban J connectivity index is 0.775. The number of hydrogen-bond acceptors (Lipinski definition) is 10. The summed E-state index contributed by atoms with van der Waals surface area (Å²) in [5.74, 6) is 3.59. The molecule has 11 rings (SSSR count). The van der Waals surface area contributed by atoms with Crippen LogP contribution >= 0.6 is 0 Å². The molecule has 11 heteroatoms. The monoisotopic (exact) mass is 1070 g/mol. The Morgan fingerprint density at radius 1 is 0.317 bits per heavy atom. The van der Waals surface area contributed by atoms with Crippen LogP contribution in [0.1, 0.15) is 31.9 Å². The van der Waals surface area contributed by atoms with Crippen molar-refractivity contribution in [3.05, 3.63) is 291 Å². The van der Waals surface area contributed by atoms with Gasteiger partial charge in [-0.25, -0.2) is 0 Å². The van der Waals surface area contributed by atoms with Crippen LogP contribution in [0.15, 0.2) is 289 Å². The van der Waals surface area contributed by atoms with Crippen molar-refractivity contribution in [3.8, 4) is 97.0 Å². The first-order valence-electron chi connectivity index (χ1n) is 26.6. The number of aliphatic imine (C=N–C) groups is 2. The third kappa shape index (κ3) is 13.7. The molecule has 0 fully saturated rings. The molecule has 0 saturated heterocycles. The first-order valence-corrected chi connectivity index (χ1v) is 26.6. The van der Waals surface area contributed by atoms with Crippen LogP contribution in [0.25, 0.3) is 44.5 Å². The highest BCUT2D eigenvalue weighted by Crippen LogP contribution is 2.36. The van der Waals surface area contributed by atoms with Crippen LogP contribution < -0.4 is 28.4 Å². The van der Waals surface area contributed by atoms with Crippen molar-refractivity contribution < 1.29 is 28.4 Å². The van der Waals surface area contributed by atoms with E-state index >= 15 is 0 Å². The summed E-state index contributed by atoms with van der Waals surface area (Å²) in [6.07, 6.45) is 0. The highest BCUT2D eigenvalue weighted by molar-refractivity contribution is 5.91. The fourth-order valence-corrected chi connectivity index (χ4v) is 8.97. The fraction of sp³-hybridized carbons (Fsp3) is 0.0563. The van der Waals surface area contributed by atoms with Crippen molar-refractivity contribution in [2.24, 2.45) is 9.98 Å². The zero-order chi connectivity index (χ0) is 56.1. The number of aromatic nitrogens is 3. The first kappa shape index (κ1) is 53.1. The minimum Gasteiger partial charge on any atom is -0.443 e. The van der Waals surface area contributed by atoms with E-state index in [1.165, 1.54) is 0 Å². The van der Waals surface area contributed by atoms with E-state index in [1.807, 2.05) is 218 Å². The van der Waals surface area contributed by atoms with Gasteiger partial charge in [0.1, 0.15) is 34.5 Å². The highest BCUT2D eigenvalue weighted by Gasteiger charge is 2.24. The molecule has 400 valence electrons. The predicted octanol–water partition coefficient (Wildman–Crippen LogP) is 18.0. The van der Waals surface area contributed by atoms with Gasteiger partial charge in [0.15, 0.2) is 5.90 Å². The smallest absolute Gasteiger partial charge is 0.331 e. The molecular weight excluding hydrogens is 1020 g/mol. The summed E-state index contributed by atoms with van der Waals surface area (Å²) < 4.78 is 37.2. The molecule has 1 heterocycles. The number of ether oxygens (including phenoxy) is 6. The van der Waals surface area contributed by atoms with Crippen LogP contribution in [-0.2, 0) is 5.41 Å². The second-order valence-electron chi connectivity index (χ2n) is 19.4. The van der Waals surface area contributed by atoms with E-state index in [0.717, 1.165) is 55.6 Å². The van der Waals surface area contributed by atoms with Gasteiger partial charge < -0.3 is 28.4 Å². The number of benzene rings is 10.